The first kappa shape index (κ1) is 23.8. The Hall–Kier alpha value is -3.86. The van der Waals surface area contributed by atoms with Crippen molar-refractivity contribution in [2.24, 2.45) is 0 Å². The van der Waals surface area contributed by atoms with Gasteiger partial charge in [0.1, 0.15) is 11.5 Å². The van der Waals surface area contributed by atoms with Crippen LogP contribution in [0.15, 0.2) is 89.4 Å². The normalized spacial score (nSPS) is 11.9. The lowest BCUT2D eigenvalue weighted by atomic mass is 10.1. The molecule has 33 heavy (non-hydrogen) atoms. The molecular formula is C28H29NO4. The largest absolute Gasteiger partial charge is 0.493 e. The summed E-state index contributed by atoms with van der Waals surface area (Å²) in [6.07, 6.45) is 9.39. The lowest BCUT2D eigenvalue weighted by Crippen LogP contribution is -2.03. The summed E-state index contributed by atoms with van der Waals surface area (Å²) >= 11 is 0. The second-order valence-electron chi connectivity index (χ2n) is 7.36. The number of aromatic nitrogens is 1. The lowest BCUT2D eigenvalue weighted by Gasteiger charge is -2.08. The fourth-order valence-corrected chi connectivity index (χ4v) is 3.15. The molecule has 0 atom stereocenters. The van der Waals surface area contributed by atoms with Crippen LogP contribution in [0, 0.1) is 6.92 Å². The summed E-state index contributed by atoms with van der Waals surface area (Å²) in [7, 11) is 0. The van der Waals surface area contributed by atoms with Crippen LogP contribution in [0.5, 0.6) is 5.75 Å². The van der Waals surface area contributed by atoms with Gasteiger partial charge in [0.2, 0.25) is 5.89 Å². The van der Waals surface area contributed by atoms with Crippen LogP contribution < -0.4 is 4.74 Å². The number of rotatable bonds is 10. The second kappa shape index (κ2) is 12.2. The highest BCUT2D eigenvalue weighted by molar-refractivity contribution is 5.82. The van der Waals surface area contributed by atoms with Crippen LogP contribution in [0.2, 0.25) is 0 Å². The minimum atomic E-state index is -0.343. The number of esters is 1. The van der Waals surface area contributed by atoms with Crippen molar-refractivity contribution in [2.45, 2.75) is 27.2 Å². The maximum Gasteiger partial charge on any atom is 0.330 e. The third-order valence-corrected chi connectivity index (χ3v) is 4.90. The number of benzene rings is 2. The zero-order valence-corrected chi connectivity index (χ0v) is 19.3. The molecule has 5 heteroatoms. The Morgan fingerprint density at radius 1 is 1.06 bits per heavy atom. The van der Waals surface area contributed by atoms with Crippen molar-refractivity contribution >= 4 is 11.5 Å². The number of oxazole rings is 1. The molecule has 5 nitrogen and oxygen atoms in total. The molecule has 0 saturated heterocycles. The van der Waals surface area contributed by atoms with E-state index in [0.717, 1.165) is 33.9 Å². The molecule has 0 bridgehead atoms. The second-order valence-corrected chi connectivity index (χ2v) is 7.36. The van der Waals surface area contributed by atoms with Crippen molar-refractivity contribution in [3.8, 4) is 17.2 Å². The fraction of sp³-hybridized carbons (Fsp3) is 0.214. The molecule has 1 heterocycles. The highest BCUT2D eigenvalue weighted by atomic mass is 16.5. The van der Waals surface area contributed by atoms with Crippen LogP contribution in [-0.2, 0) is 16.0 Å². The predicted octanol–water partition coefficient (Wildman–Crippen LogP) is 6.35. The third-order valence-electron chi connectivity index (χ3n) is 4.90. The van der Waals surface area contributed by atoms with E-state index in [2.05, 4.69) is 4.98 Å². The van der Waals surface area contributed by atoms with Crippen molar-refractivity contribution in [1.29, 1.82) is 0 Å². The summed E-state index contributed by atoms with van der Waals surface area (Å²) in [5.41, 5.74) is 4.02. The van der Waals surface area contributed by atoms with Crippen molar-refractivity contribution in [3.05, 3.63) is 102 Å². The number of ether oxygens (including phenoxy) is 2. The molecule has 0 aliphatic heterocycles. The standard InChI is InChI=1S/C28H29NO4/c1-4-31-27(30)17-10-5-7-12-21(2)24-15-11-16-25(20-24)32-19-18-26-22(3)33-28(29-26)23-13-8-6-9-14-23/h5-17,20H,4,18-19H2,1-3H3/b7-5+,17-10+,21-12+. The fourth-order valence-electron chi connectivity index (χ4n) is 3.15. The molecule has 1 aromatic heterocycles. The van der Waals surface area contributed by atoms with Gasteiger partial charge < -0.3 is 13.9 Å². The molecule has 0 aliphatic carbocycles. The van der Waals surface area contributed by atoms with E-state index in [1.54, 1.807) is 19.1 Å². The van der Waals surface area contributed by atoms with Gasteiger partial charge in [-0.15, -0.1) is 0 Å². The first-order valence-corrected chi connectivity index (χ1v) is 11.0. The number of hydrogen-bond donors (Lipinski definition) is 0. The quantitative estimate of drug-likeness (QED) is 0.208. The molecule has 0 spiro atoms. The molecule has 0 aliphatic rings. The van der Waals surface area contributed by atoms with Crippen molar-refractivity contribution < 1.29 is 18.7 Å². The van der Waals surface area contributed by atoms with Crippen LogP contribution >= 0.6 is 0 Å². The average Bonchev–Trinajstić information content (AvgIpc) is 3.20. The van der Waals surface area contributed by atoms with Crippen molar-refractivity contribution in [2.75, 3.05) is 13.2 Å². The van der Waals surface area contributed by atoms with Gasteiger partial charge in [-0.2, -0.15) is 0 Å². The van der Waals surface area contributed by atoms with E-state index >= 15 is 0 Å². The van der Waals surface area contributed by atoms with Crippen LogP contribution in [0.3, 0.4) is 0 Å². The molecule has 0 saturated carbocycles. The van der Waals surface area contributed by atoms with Gasteiger partial charge in [0.15, 0.2) is 0 Å². The Labute approximate surface area is 195 Å². The van der Waals surface area contributed by atoms with Gasteiger partial charge in [0.25, 0.3) is 0 Å². The molecule has 0 fully saturated rings. The van der Waals surface area contributed by atoms with Gasteiger partial charge in [0.05, 0.1) is 18.9 Å². The maximum atomic E-state index is 11.3. The number of allylic oxidation sites excluding steroid dienone is 5. The minimum Gasteiger partial charge on any atom is -0.493 e. The summed E-state index contributed by atoms with van der Waals surface area (Å²) in [4.78, 5) is 15.9. The highest BCUT2D eigenvalue weighted by Crippen LogP contribution is 2.23. The molecule has 170 valence electrons. The van der Waals surface area contributed by atoms with E-state index in [1.807, 2.05) is 80.6 Å². The minimum absolute atomic E-state index is 0.343. The van der Waals surface area contributed by atoms with E-state index in [4.69, 9.17) is 13.9 Å². The van der Waals surface area contributed by atoms with E-state index in [1.165, 1.54) is 6.08 Å². The number of carbonyl (C=O) groups is 1. The SMILES string of the molecule is CCOC(=O)/C=C/C=C/C=C(\C)c1cccc(OCCc2nc(-c3ccccc3)oc2C)c1. The molecule has 3 aromatic rings. The van der Waals surface area contributed by atoms with E-state index in [0.29, 0.717) is 25.5 Å². The summed E-state index contributed by atoms with van der Waals surface area (Å²) in [6.45, 7) is 6.62. The van der Waals surface area contributed by atoms with Gasteiger partial charge >= 0.3 is 5.97 Å². The predicted molar refractivity (Wildman–Crippen MR) is 131 cm³/mol. The summed E-state index contributed by atoms with van der Waals surface area (Å²) in [5, 5.41) is 0. The monoisotopic (exact) mass is 443 g/mol. The Morgan fingerprint density at radius 2 is 1.88 bits per heavy atom. The Bertz CT molecular complexity index is 1140. The summed E-state index contributed by atoms with van der Waals surface area (Å²) < 4.78 is 16.6. The zero-order chi connectivity index (χ0) is 23.5. The molecule has 3 rings (SSSR count). The smallest absolute Gasteiger partial charge is 0.330 e. The summed E-state index contributed by atoms with van der Waals surface area (Å²) in [5.74, 6) is 1.91. The van der Waals surface area contributed by atoms with Gasteiger partial charge in [-0.25, -0.2) is 9.78 Å². The van der Waals surface area contributed by atoms with Gasteiger partial charge in [-0.3, -0.25) is 0 Å². The third kappa shape index (κ3) is 7.35. The molecule has 2 aromatic carbocycles. The number of nitrogens with zero attached hydrogens (tertiary/aromatic N) is 1. The van der Waals surface area contributed by atoms with Gasteiger partial charge in [0, 0.05) is 18.1 Å². The van der Waals surface area contributed by atoms with E-state index in [9.17, 15) is 4.79 Å². The van der Waals surface area contributed by atoms with E-state index in [-0.39, 0.29) is 5.97 Å². The number of aryl methyl sites for hydroxylation is 1. The van der Waals surface area contributed by atoms with Crippen LogP contribution in [-0.4, -0.2) is 24.2 Å². The van der Waals surface area contributed by atoms with E-state index < -0.39 is 0 Å². The van der Waals surface area contributed by atoms with Crippen LogP contribution in [0.1, 0.15) is 30.9 Å². The maximum absolute atomic E-state index is 11.3. The van der Waals surface area contributed by atoms with Crippen LogP contribution in [0.4, 0.5) is 0 Å². The van der Waals surface area contributed by atoms with Crippen LogP contribution in [0.25, 0.3) is 17.0 Å². The first-order chi connectivity index (χ1) is 16.1. The van der Waals surface area contributed by atoms with Crippen molar-refractivity contribution in [3.63, 3.8) is 0 Å². The average molecular weight is 444 g/mol. The van der Waals surface area contributed by atoms with Gasteiger partial charge in [-0.05, 0) is 56.2 Å². The topological polar surface area (TPSA) is 61.6 Å². The molecule has 0 unspecified atom stereocenters. The molecule has 0 amide bonds. The summed E-state index contributed by atoms with van der Waals surface area (Å²) in [6, 6.07) is 17.8. The van der Waals surface area contributed by atoms with Crippen molar-refractivity contribution in [1.82, 2.24) is 4.98 Å². The van der Waals surface area contributed by atoms with Gasteiger partial charge in [-0.1, -0.05) is 54.6 Å². The molecule has 0 radical (unpaired) electrons. The highest BCUT2D eigenvalue weighted by Gasteiger charge is 2.11. The molecular weight excluding hydrogens is 414 g/mol. The number of hydrogen-bond acceptors (Lipinski definition) is 5. The zero-order valence-electron chi connectivity index (χ0n) is 19.3. The first-order valence-electron chi connectivity index (χ1n) is 11.0. The Kier molecular flexibility index (Phi) is 8.83. The Morgan fingerprint density at radius 3 is 2.67 bits per heavy atom. The number of carbonyl (C=O) groups excluding carboxylic acids is 1. The molecule has 0 N–H and O–H groups in total. The lowest BCUT2D eigenvalue weighted by molar-refractivity contribution is -0.137. The Balaban J connectivity index is 1.55.